The van der Waals surface area contributed by atoms with Crippen molar-refractivity contribution in [2.45, 2.75) is 17.6 Å². The summed E-state index contributed by atoms with van der Waals surface area (Å²) in [5, 5.41) is 0. The van der Waals surface area contributed by atoms with Crippen LogP contribution < -0.4 is 4.31 Å². The fraction of sp³-hybridized carbons (Fsp3) is 0.174. The molecular weight excluding hydrogens is 441 g/mol. The van der Waals surface area contributed by atoms with E-state index in [1.807, 2.05) is 0 Å². The van der Waals surface area contributed by atoms with Gasteiger partial charge in [-0.15, -0.1) is 0 Å². The number of hydrogen-bond acceptors (Lipinski definition) is 3. The van der Waals surface area contributed by atoms with Crippen molar-refractivity contribution in [3.05, 3.63) is 95.6 Å². The van der Waals surface area contributed by atoms with E-state index in [1.54, 1.807) is 30.3 Å². The van der Waals surface area contributed by atoms with Crippen LogP contribution in [0.15, 0.2) is 83.8 Å². The Bertz CT molecular complexity index is 1200. The highest BCUT2D eigenvalue weighted by Crippen LogP contribution is 2.32. The van der Waals surface area contributed by atoms with Crippen LogP contribution in [0, 0.1) is 0 Å². The lowest BCUT2D eigenvalue weighted by atomic mass is 10.1. The van der Waals surface area contributed by atoms with Crippen LogP contribution in [0.2, 0.25) is 0 Å². The van der Waals surface area contributed by atoms with Gasteiger partial charge in [-0.1, -0.05) is 36.4 Å². The van der Waals surface area contributed by atoms with Gasteiger partial charge < -0.3 is 4.90 Å². The Hall–Kier alpha value is -3.33. The van der Waals surface area contributed by atoms with Gasteiger partial charge in [-0.05, 0) is 48.0 Å². The summed E-state index contributed by atoms with van der Waals surface area (Å²) >= 11 is 0. The number of nitrogens with zero attached hydrogens (tertiary/aromatic N) is 2. The maximum Gasteiger partial charge on any atom is 0.416 e. The summed E-state index contributed by atoms with van der Waals surface area (Å²) in [5.41, 5.74) is -0.182. The third-order valence-electron chi connectivity index (χ3n) is 4.96. The molecule has 3 aromatic carbocycles. The fourth-order valence-corrected chi connectivity index (χ4v) is 4.38. The number of amides is 1. The highest BCUT2D eigenvalue weighted by atomic mass is 32.2. The van der Waals surface area contributed by atoms with Gasteiger partial charge in [-0.3, -0.25) is 9.10 Å². The van der Waals surface area contributed by atoms with E-state index in [2.05, 4.69) is 0 Å². The third kappa shape index (κ3) is 4.94. The van der Waals surface area contributed by atoms with E-state index in [-0.39, 0.29) is 22.6 Å². The molecule has 0 N–H and O–H groups in total. The number of halogens is 3. The van der Waals surface area contributed by atoms with Crippen LogP contribution in [0.4, 0.5) is 18.9 Å². The molecule has 9 heteroatoms. The first-order valence-electron chi connectivity index (χ1n) is 9.56. The Morgan fingerprint density at radius 1 is 0.844 bits per heavy atom. The smallest absolute Gasteiger partial charge is 0.337 e. The molecule has 0 heterocycles. The minimum Gasteiger partial charge on any atom is -0.337 e. The van der Waals surface area contributed by atoms with Crippen molar-refractivity contribution in [2.75, 3.05) is 18.4 Å². The Morgan fingerprint density at radius 3 is 2.00 bits per heavy atom. The molecule has 32 heavy (non-hydrogen) atoms. The van der Waals surface area contributed by atoms with E-state index in [0.717, 1.165) is 15.3 Å². The number of carbonyl (C=O) groups is 1. The Kier molecular flexibility index (Phi) is 6.59. The summed E-state index contributed by atoms with van der Waals surface area (Å²) in [6, 6.07) is 18.9. The summed E-state index contributed by atoms with van der Waals surface area (Å²) < 4.78 is 66.4. The van der Waals surface area contributed by atoms with Crippen LogP contribution in [0.25, 0.3) is 0 Å². The monoisotopic (exact) mass is 462 g/mol. The number of para-hydroxylation sites is 1. The van der Waals surface area contributed by atoms with Gasteiger partial charge in [-0.25, -0.2) is 8.42 Å². The number of rotatable bonds is 6. The molecular formula is C23H21F3N2O3S. The minimum absolute atomic E-state index is 0.00882. The largest absolute Gasteiger partial charge is 0.416 e. The van der Waals surface area contributed by atoms with Crippen molar-refractivity contribution in [1.29, 1.82) is 0 Å². The fourth-order valence-electron chi connectivity index (χ4n) is 3.19. The van der Waals surface area contributed by atoms with Crippen LogP contribution in [0.3, 0.4) is 0 Å². The van der Waals surface area contributed by atoms with Crippen LogP contribution >= 0.6 is 0 Å². The van der Waals surface area contributed by atoms with Crippen LogP contribution in [-0.4, -0.2) is 33.3 Å². The number of alkyl halides is 3. The van der Waals surface area contributed by atoms with Crippen molar-refractivity contribution in [2.24, 2.45) is 0 Å². The van der Waals surface area contributed by atoms with Crippen LogP contribution in [0.1, 0.15) is 21.5 Å². The quantitative estimate of drug-likeness (QED) is 0.529. The van der Waals surface area contributed by atoms with Crippen molar-refractivity contribution in [1.82, 2.24) is 4.90 Å². The van der Waals surface area contributed by atoms with Gasteiger partial charge >= 0.3 is 6.18 Å². The van der Waals surface area contributed by atoms with Gasteiger partial charge in [-0.2, -0.15) is 13.2 Å². The second-order valence-electron chi connectivity index (χ2n) is 7.15. The predicted octanol–water partition coefficient (Wildman–Crippen LogP) is 4.80. The highest BCUT2D eigenvalue weighted by Gasteiger charge is 2.33. The first kappa shape index (κ1) is 23.3. The summed E-state index contributed by atoms with van der Waals surface area (Å²) in [7, 11) is -1.02. The third-order valence-corrected chi connectivity index (χ3v) is 6.76. The van der Waals surface area contributed by atoms with Gasteiger partial charge in [0.2, 0.25) is 0 Å². The molecule has 0 atom stereocenters. The Morgan fingerprint density at radius 2 is 1.41 bits per heavy atom. The van der Waals surface area contributed by atoms with Gasteiger partial charge in [0.15, 0.2) is 0 Å². The van der Waals surface area contributed by atoms with Crippen LogP contribution in [-0.2, 0) is 22.7 Å². The first-order valence-corrected chi connectivity index (χ1v) is 11.0. The van der Waals surface area contributed by atoms with Gasteiger partial charge in [0.05, 0.1) is 16.1 Å². The molecule has 0 aliphatic heterocycles. The highest BCUT2D eigenvalue weighted by molar-refractivity contribution is 7.92. The molecule has 3 aromatic rings. The lowest BCUT2D eigenvalue weighted by molar-refractivity contribution is -0.138. The summed E-state index contributed by atoms with van der Waals surface area (Å²) in [6.07, 6.45) is -4.53. The minimum atomic E-state index is -4.53. The van der Waals surface area contributed by atoms with Crippen molar-refractivity contribution < 1.29 is 26.4 Å². The van der Waals surface area contributed by atoms with Crippen molar-refractivity contribution in [3.8, 4) is 0 Å². The average molecular weight is 462 g/mol. The number of hydrogen-bond donors (Lipinski definition) is 0. The zero-order valence-corrected chi connectivity index (χ0v) is 18.2. The van der Waals surface area contributed by atoms with E-state index in [1.165, 1.54) is 56.6 Å². The van der Waals surface area contributed by atoms with Crippen molar-refractivity contribution in [3.63, 3.8) is 0 Å². The summed E-state index contributed by atoms with van der Waals surface area (Å²) in [5.74, 6) is -0.526. The lowest BCUT2D eigenvalue weighted by Crippen LogP contribution is -2.28. The molecule has 0 spiro atoms. The molecule has 0 bridgehead atoms. The molecule has 0 unspecified atom stereocenters. The second kappa shape index (κ2) is 9.04. The normalized spacial score (nSPS) is 11.8. The second-order valence-corrected chi connectivity index (χ2v) is 9.12. The number of benzene rings is 3. The maximum atomic E-state index is 13.2. The molecule has 3 rings (SSSR count). The first-order chi connectivity index (χ1) is 15.0. The van der Waals surface area contributed by atoms with Gasteiger partial charge in [0.25, 0.3) is 15.9 Å². The molecule has 0 aromatic heterocycles. The van der Waals surface area contributed by atoms with E-state index >= 15 is 0 Å². The Balaban J connectivity index is 1.78. The average Bonchev–Trinajstić information content (AvgIpc) is 2.78. The zero-order chi connectivity index (χ0) is 23.5. The molecule has 0 aliphatic rings. The number of sulfonamides is 1. The van der Waals surface area contributed by atoms with Gasteiger partial charge in [0.1, 0.15) is 0 Å². The predicted molar refractivity (Wildman–Crippen MR) is 116 cm³/mol. The topological polar surface area (TPSA) is 57.7 Å². The number of anilines is 1. The van der Waals surface area contributed by atoms with E-state index < -0.39 is 27.7 Å². The molecule has 0 saturated heterocycles. The molecule has 168 valence electrons. The molecule has 1 amide bonds. The molecule has 0 radical (unpaired) electrons. The van der Waals surface area contributed by atoms with Crippen molar-refractivity contribution >= 4 is 21.6 Å². The lowest BCUT2D eigenvalue weighted by Gasteiger charge is -2.21. The van der Waals surface area contributed by atoms with Gasteiger partial charge in [0, 0.05) is 26.2 Å². The SMILES string of the molecule is CN(Cc1ccccc1C(F)(F)F)C(=O)c1ccc(S(=O)(=O)N(C)c2ccccc2)cc1. The Labute approximate surface area is 184 Å². The molecule has 0 saturated carbocycles. The molecule has 0 fully saturated rings. The molecule has 0 aliphatic carbocycles. The summed E-state index contributed by atoms with van der Waals surface area (Å²) in [4.78, 5) is 13.9. The molecule has 5 nitrogen and oxygen atoms in total. The van der Waals surface area contributed by atoms with E-state index in [9.17, 15) is 26.4 Å². The van der Waals surface area contributed by atoms with E-state index in [4.69, 9.17) is 0 Å². The number of carbonyl (C=O) groups excluding carboxylic acids is 1. The zero-order valence-electron chi connectivity index (χ0n) is 17.4. The van der Waals surface area contributed by atoms with E-state index in [0.29, 0.717) is 5.69 Å². The van der Waals surface area contributed by atoms with Crippen LogP contribution in [0.5, 0.6) is 0 Å². The maximum absolute atomic E-state index is 13.2. The standard InChI is InChI=1S/C23H21F3N2O3S/c1-27(16-18-8-6-7-11-21(18)23(24,25)26)22(29)17-12-14-20(15-13-17)32(30,31)28(2)19-9-4-3-5-10-19/h3-15H,16H2,1-2H3. The summed E-state index contributed by atoms with van der Waals surface area (Å²) in [6.45, 7) is -0.245.